The molecule has 4 heterocycles. The molecule has 56 heavy (non-hydrogen) atoms. The molecule has 1 saturated carbocycles. The summed E-state index contributed by atoms with van der Waals surface area (Å²) < 4.78 is 55.7. The van der Waals surface area contributed by atoms with Crippen molar-refractivity contribution in [2.24, 2.45) is 17.8 Å². The Kier molecular flexibility index (Phi) is 13.9. The lowest BCUT2D eigenvalue weighted by atomic mass is 9.62. The van der Waals surface area contributed by atoms with Crippen molar-refractivity contribution in [1.82, 2.24) is 14.5 Å². The molecule has 11 nitrogen and oxygen atoms in total. The SMILES string of the molecule is CCO[C@]1(CN2CCN3CCOC[C@@H]3C2)CCC[C@H](C)[C@@H](CCOC)S(=O)(=O)NC(=O)c2ccc3c(c2)N(CCCCc2cc(Cl)ccc2CO3)C[C@@H]2CC[C@H]21. The van der Waals surface area contributed by atoms with Crippen LogP contribution in [0.5, 0.6) is 5.75 Å². The number of nitrogens with zero attached hydrogens (tertiary/aromatic N) is 3. The summed E-state index contributed by atoms with van der Waals surface area (Å²) in [5.41, 5.74) is 3.03. The molecule has 6 atom stereocenters. The molecule has 5 aliphatic rings. The first kappa shape index (κ1) is 41.7. The summed E-state index contributed by atoms with van der Waals surface area (Å²) in [6, 6.07) is 11.8. The van der Waals surface area contributed by atoms with Crippen LogP contribution < -0.4 is 14.4 Å². The molecule has 4 aliphatic heterocycles. The van der Waals surface area contributed by atoms with Crippen LogP contribution in [0.2, 0.25) is 5.02 Å². The van der Waals surface area contributed by atoms with Crippen LogP contribution in [0.25, 0.3) is 0 Å². The fourth-order valence-corrected chi connectivity index (χ4v) is 12.1. The average Bonchev–Trinajstić information content (AvgIpc) is 3.19. The monoisotopic (exact) mass is 814 g/mol. The fourth-order valence-electron chi connectivity index (χ4n) is 10.2. The molecule has 13 heteroatoms. The third kappa shape index (κ3) is 9.53. The molecule has 1 N–H and O–H groups in total. The number of amides is 1. The molecule has 2 aromatic carbocycles. The number of rotatable bonds is 7. The lowest BCUT2D eigenvalue weighted by Gasteiger charge is -2.54. The van der Waals surface area contributed by atoms with Crippen LogP contribution in [0.15, 0.2) is 36.4 Å². The van der Waals surface area contributed by atoms with Gasteiger partial charge < -0.3 is 23.8 Å². The highest BCUT2D eigenvalue weighted by Crippen LogP contribution is 2.48. The zero-order chi connectivity index (χ0) is 39.3. The Balaban J connectivity index is 1.26. The minimum absolute atomic E-state index is 0.197. The topological polar surface area (TPSA) is 110 Å². The van der Waals surface area contributed by atoms with Crippen molar-refractivity contribution in [3.63, 3.8) is 0 Å². The number of nitrogens with one attached hydrogen (secondary N) is 1. The van der Waals surface area contributed by atoms with Crippen molar-refractivity contribution in [3.8, 4) is 5.75 Å². The van der Waals surface area contributed by atoms with Gasteiger partial charge in [-0.05, 0) is 118 Å². The maximum Gasteiger partial charge on any atom is 0.264 e. The van der Waals surface area contributed by atoms with Gasteiger partial charge in [0.25, 0.3) is 5.91 Å². The number of sulfonamides is 1. The number of fused-ring (bicyclic) bond motifs is 4. The second-order valence-electron chi connectivity index (χ2n) is 16.9. The van der Waals surface area contributed by atoms with Crippen LogP contribution in [0.1, 0.15) is 86.7 Å². The number of carbonyl (C=O) groups excluding carboxylic acids is 1. The maximum atomic E-state index is 14.1. The van der Waals surface area contributed by atoms with E-state index in [-0.39, 0.29) is 18.1 Å². The van der Waals surface area contributed by atoms with E-state index in [4.69, 9.17) is 30.5 Å². The largest absolute Gasteiger partial charge is 0.487 e. The van der Waals surface area contributed by atoms with Gasteiger partial charge in [0.15, 0.2) is 0 Å². The number of benzene rings is 2. The van der Waals surface area contributed by atoms with Crippen molar-refractivity contribution in [3.05, 3.63) is 58.1 Å². The Morgan fingerprint density at radius 1 is 1.00 bits per heavy atom. The summed E-state index contributed by atoms with van der Waals surface area (Å²) in [4.78, 5) is 21.5. The standard InChI is InChI=1S/C43H63ClN4O7S/c1-4-55-43(30-46-19-20-47-21-23-53-29-37(47)27-46)17-7-8-31(2)41(16-22-52-3)56(50,51)45-42(49)33-12-15-40-39(25-33)48(26-34-11-14-38(34)43)18-6-5-9-32-24-36(44)13-10-35(32)28-54-40/h10,12-13,15,24-25,31,34,37-38,41H,4-9,11,14,16-23,26-30H2,1-3H3,(H,45,49)/t31-,34-,37-,38+,41+,43-/m0/s1. The van der Waals surface area contributed by atoms with Crippen LogP contribution >= 0.6 is 11.6 Å². The van der Waals surface area contributed by atoms with Crippen LogP contribution in [0.3, 0.4) is 0 Å². The van der Waals surface area contributed by atoms with Gasteiger partial charge >= 0.3 is 0 Å². The summed E-state index contributed by atoms with van der Waals surface area (Å²) in [6.45, 7) is 13.4. The van der Waals surface area contributed by atoms with Crippen LogP contribution in [-0.2, 0) is 37.3 Å². The molecule has 0 aromatic heterocycles. The lowest BCUT2D eigenvalue weighted by Crippen LogP contribution is -2.63. The maximum absolute atomic E-state index is 14.1. The first-order valence-corrected chi connectivity index (χ1v) is 23.0. The number of hydrogen-bond acceptors (Lipinski definition) is 10. The Labute approximate surface area is 339 Å². The van der Waals surface area contributed by atoms with Gasteiger partial charge in [0.2, 0.25) is 10.0 Å². The fraction of sp³-hybridized carbons (Fsp3) is 0.698. The number of morpholine rings is 1. The number of hydrogen-bond donors (Lipinski definition) is 1. The molecular formula is C43H63ClN4O7S. The van der Waals surface area contributed by atoms with E-state index in [9.17, 15) is 13.2 Å². The second-order valence-corrected chi connectivity index (χ2v) is 19.2. The van der Waals surface area contributed by atoms with Gasteiger partial charge in [-0.3, -0.25) is 14.6 Å². The number of anilines is 1. The summed E-state index contributed by atoms with van der Waals surface area (Å²) in [5, 5.41) is -0.0674. The van der Waals surface area contributed by atoms with Gasteiger partial charge in [0.1, 0.15) is 12.4 Å². The Hall–Kier alpha value is -2.45. The zero-order valence-corrected chi connectivity index (χ0v) is 35.3. The summed E-state index contributed by atoms with van der Waals surface area (Å²) in [6.07, 6.45) is 7.70. The van der Waals surface area contributed by atoms with Crippen molar-refractivity contribution >= 4 is 33.2 Å². The molecule has 2 aromatic rings. The smallest absolute Gasteiger partial charge is 0.264 e. The van der Waals surface area contributed by atoms with Crippen molar-refractivity contribution < 1.29 is 32.2 Å². The molecule has 310 valence electrons. The molecular weight excluding hydrogens is 752 g/mol. The van der Waals surface area contributed by atoms with E-state index in [1.807, 2.05) is 37.3 Å². The van der Waals surface area contributed by atoms with Gasteiger partial charge in [-0.25, -0.2) is 13.1 Å². The summed E-state index contributed by atoms with van der Waals surface area (Å²) in [7, 11) is -2.46. The van der Waals surface area contributed by atoms with Gasteiger partial charge in [-0.2, -0.15) is 0 Å². The molecule has 0 spiro atoms. The summed E-state index contributed by atoms with van der Waals surface area (Å²) >= 11 is 6.44. The van der Waals surface area contributed by atoms with Crippen molar-refractivity contribution in [2.75, 3.05) is 84.3 Å². The third-order valence-corrected chi connectivity index (χ3v) is 15.6. The van der Waals surface area contributed by atoms with E-state index in [1.165, 1.54) is 5.56 Å². The predicted octanol–water partition coefficient (Wildman–Crippen LogP) is 6.16. The quantitative estimate of drug-likeness (QED) is 0.349. The number of piperazine rings is 1. The Morgan fingerprint density at radius 3 is 2.68 bits per heavy atom. The highest BCUT2D eigenvalue weighted by Gasteiger charge is 2.50. The lowest BCUT2D eigenvalue weighted by molar-refractivity contribution is -0.154. The highest BCUT2D eigenvalue weighted by atomic mass is 35.5. The number of carbonyl (C=O) groups is 1. The van der Waals surface area contributed by atoms with E-state index in [1.54, 1.807) is 13.2 Å². The molecule has 1 amide bonds. The number of aryl methyl sites for hydroxylation is 1. The van der Waals surface area contributed by atoms with Crippen LogP contribution in [0, 0.1) is 17.8 Å². The number of halogens is 1. The second kappa shape index (κ2) is 18.6. The molecule has 1 aliphatic carbocycles. The Morgan fingerprint density at radius 2 is 1.88 bits per heavy atom. The predicted molar refractivity (Wildman–Crippen MR) is 220 cm³/mol. The van der Waals surface area contributed by atoms with Crippen molar-refractivity contribution in [2.45, 2.75) is 95.1 Å². The third-order valence-electron chi connectivity index (χ3n) is 13.4. The molecule has 0 radical (unpaired) electrons. The van der Waals surface area contributed by atoms with E-state index < -0.39 is 21.2 Å². The van der Waals surface area contributed by atoms with E-state index >= 15 is 0 Å². The zero-order valence-electron chi connectivity index (χ0n) is 33.7. The normalized spacial score (nSPS) is 30.7. The molecule has 3 fully saturated rings. The van der Waals surface area contributed by atoms with E-state index in [2.05, 4.69) is 26.3 Å². The van der Waals surface area contributed by atoms with Gasteiger partial charge in [-0.15, -0.1) is 0 Å². The van der Waals surface area contributed by atoms with Gasteiger partial charge in [0.05, 0.1) is 29.8 Å². The average molecular weight is 816 g/mol. The minimum Gasteiger partial charge on any atom is -0.487 e. The highest BCUT2D eigenvalue weighted by molar-refractivity contribution is 7.90. The minimum atomic E-state index is -4.04. The number of methoxy groups -OCH3 is 1. The number of ether oxygens (including phenoxy) is 4. The van der Waals surface area contributed by atoms with Gasteiger partial charge in [0, 0.05) is 82.8 Å². The molecule has 2 bridgehead atoms. The Bertz CT molecular complexity index is 1770. The first-order chi connectivity index (χ1) is 27.1. The summed E-state index contributed by atoms with van der Waals surface area (Å²) in [5.74, 6) is 0.577. The molecule has 0 unspecified atom stereocenters. The first-order valence-electron chi connectivity index (χ1n) is 21.1. The van der Waals surface area contributed by atoms with Crippen LogP contribution in [0.4, 0.5) is 5.69 Å². The van der Waals surface area contributed by atoms with E-state index in [0.29, 0.717) is 55.2 Å². The molecule has 7 rings (SSSR count). The molecule has 2 saturated heterocycles. The van der Waals surface area contributed by atoms with Gasteiger partial charge in [-0.1, -0.05) is 31.0 Å². The van der Waals surface area contributed by atoms with Crippen LogP contribution in [-0.4, -0.2) is 120 Å². The van der Waals surface area contributed by atoms with Crippen molar-refractivity contribution in [1.29, 1.82) is 0 Å². The van der Waals surface area contributed by atoms with E-state index in [0.717, 1.165) is 120 Å².